The summed E-state index contributed by atoms with van der Waals surface area (Å²) in [6.45, 7) is 7.84. The summed E-state index contributed by atoms with van der Waals surface area (Å²) < 4.78 is 0. The van der Waals surface area contributed by atoms with Crippen molar-refractivity contribution in [2.75, 3.05) is 13.2 Å². The molecule has 0 spiro atoms. The summed E-state index contributed by atoms with van der Waals surface area (Å²) in [5, 5.41) is 12.6. The fourth-order valence-corrected chi connectivity index (χ4v) is 1.90. The zero-order valence-electron chi connectivity index (χ0n) is 11.2. The van der Waals surface area contributed by atoms with Gasteiger partial charge in [-0.1, -0.05) is 19.9 Å². The van der Waals surface area contributed by atoms with Crippen molar-refractivity contribution in [3.8, 4) is 0 Å². The van der Waals surface area contributed by atoms with E-state index in [1.165, 1.54) is 5.56 Å². The molecule has 98 valence electrons. The molecule has 0 atom stereocenters. The average Bonchev–Trinajstić information content (AvgIpc) is 2.68. The van der Waals surface area contributed by atoms with Gasteiger partial charge < -0.3 is 15.4 Å². The van der Waals surface area contributed by atoms with Crippen molar-refractivity contribution in [2.45, 2.75) is 27.3 Å². The van der Waals surface area contributed by atoms with Gasteiger partial charge in [0.15, 0.2) is 0 Å². The Kier molecular flexibility index (Phi) is 3.68. The maximum atomic E-state index is 9.18. The largest absolute Gasteiger partial charge is 0.396 e. The van der Waals surface area contributed by atoms with Gasteiger partial charge in [0.25, 0.3) is 0 Å². The predicted octanol–water partition coefficient (Wildman–Crippen LogP) is 1.98. The van der Waals surface area contributed by atoms with Gasteiger partial charge in [-0.25, -0.2) is 4.98 Å². The lowest BCUT2D eigenvalue weighted by Crippen LogP contribution is -2.31. The van der Waals surface area contributed by atoms with Gasteiger partial charge >= 0.3 is 0 Å². The van der Waals surface area contributed by atoms with Crippen LogP contribution >= 0.6 is 0 Å². The summed E-state index contributed by atoms with van der Waals surface area (Å²) in [5.74, 6) is 0.941. The van der Waals surface area contributed by atoms with E-state index >= 15 is 0 Å². The minimum atomic E-state index is -0.0747. The molecule has 0 aliphatic rings. The molecule has 0 bridgehead atoms. The zero-order valence-corrected chi connectivity index (χ0v) is 11.2. The monoisotopic (exact) mass is 247 g/mol. The molecule has 1 heterocycles. The molecule has 0 aliphatic heterocycles. The highest BCUT2D eigenvalue weighted by atomic mass is 16.3. The Hall–Kier alpha value is -1.39. The van der Waals surface area contributed by atoms with E-state index in [-0.39, 0.29) is 12.0 Å². The van der Waals surface area contributed by atoms with Gasteiger partial charge in [-0.15, -0.1) is 0 Å². The second-order valence-corrected chi connectivity index (χ2v) is 5.60. The minimum absolute atomic E-state index is 0.0747. The van der Waals surface area contributed by atoms with Gasteiger partial charge in [0.2, 0.25) is 0 Å². The van der Waals surface area contributed by atoms with Gasteiger partial charge in [-0.2, -0.15) is 0 Å². The van der Waals surface area contributed by atoms with Gasteiger partial charge in [-0.3, -0.25) is 0 Å². The molecule has 4 nitrogen and oxygen atoms in total. The molecule has 2 aromatic rings. The molecule has 1 aromatic carbocycles. The van der Waals surface area contributed by atoms with Crippen molar-refractivity contribution in [3.05, 3.63) is 29.6 Å². The van der Waals surface area contributed by atoms with Crippen molar-refractivity contribution in [1.82, 2.24) is 15.3 Å². The second-order valence-electron chi connectivity index (χ2n) is 5.60. The smallest absolute Gasteiger partial charge is 0.104 e. The number of H-pyrrole nitrogens is 1. The van der Waals surface area contributed by atoms with Crippen molar-refractivity contribution in [2.24, 2.45) is 5.41 Å². The number of aryl methyl sites for hydroxylation is 1. The molecule has 3 N–H and O–H groups in total. The quantitative estimate of drug-likeness (QED) is 0.757. The SMILES string of the molecule is Cc1nc2ccc(CNCC(C)(C)CO)cc2[nH]1. The molecule has 18 heavy (non-hydrogen) atoms. The summed E-state index contributed by atoms with van der Waals surface area (Å²) in [6, 6.07) is 6.24. The first kappa shape index (κ1) is 13.1. The molecule has 0 amide bonds. The van der Waals surface area contributed by atoms with E-state index in [0.29, 0.717) is 0 Å². The van der Waals surface area contributed by atoms with Crippen LogP contribution in [0.4, 0.5) is 0 Å². The molecule has 0 radical (unpaired) electrons. The lowest BCUT2D eigenvalue weighted by atomic mass is 9.95. The number of hydrogen-bond acceptors (Lipinski definition) is 3. The van der Waals surface area contributed by atoms with Crippen LogP contribution in [0, 0.1) is 12.3 Å². The van der Waals surface area contributed by atoms with Crippen LogP contribution < -0.4 is 5.32 Å². The molecule has 0 saturated carbocycles. The van der Waals surface area contributed by atoms with Crippen LogP contribution in [0.15, 0.2) is 18.2 Å². The molecule has 2 rings (SSSR count). The highest BCUT2D eigenvalue weighted by Crippen LogP contribution is 2.15. The van der Waals surface area contributed by atoms with Crippen LogP contribution in [0.1, 0.15) is 25.2 Å². The Morgan fingerprint density at radius 3 is 2.89 bits per heavy atom. The van der Waals surface area contributed by atoms with E-state index in [1.54, 1.807) is 0 Å². The van der Waals surface area contributed by atoms with Gasteiger partial charge in [-0.05, 0) is 24.6 Å². The first-order valence-electron chi connectivity index (χ1n) is 6.27. The standard InChI is InChI=1S/C14H21N3O/c1-10-16-12-5-4-11(6-13(12)17-10)7-15-8-14(2,3)9-18/h4-6,15,18H,7-9H2,1-3H3,(H,16,17). The summed E-state index contributed by atoms with van der Waals surface area (Å²) >= 11 is 0. The van der Waals surface area contributed by atoms with Crippen LogP contribution in [0.5, 0.6) is 0 Å². The summed E-state index contributed by atoms with van der Waals surface area (Å²) in [5.41, 5.74) is 3.23. The highest BCUT2D eigenvalue weighted by molar-refractivity contribution is 5.75. The molecule has 0 aliphatic carbocycles. The molecular formula is C14H21N3O. The van der Waals surface area contributed by atoms with Crippen molar-refractivity contribution >= 4 is 11.0 Å². The normalized spacial score (nSPS) is 12.2. The van der Waals surface area contributed by atoms with E-state index in [1.807, 2.05) is 26.8 Å². The predicted molar refractivity (Wildman–Crippen MR) is 73.4 cm³/mol. The molecule has 0 unspecified atom stereocenters. The van der Waals surface area contributed by atoms with Gasteiger partial charge in [0.05, 0.1) is 11.0 Å². The van der Waals surface area contributed by atoms with Gasteiger partial charge in [0.1, 0.15) is 5.82 Å². The number of aromatic nitrogens is 2. The highest BCUT2D eigenvalue weighted by Gasteiger charge is 2.15. The van der Waals surface area contributed by atoms with Crippen LogP contribution in [0.2, 0.25) is 0 Å². The lowest BCUT2D eigenvalue weighted by molar-refractivity contribution is 0.156. The molecule has 4 heteroatoms. The third-order valence-corrected chi connectivity index (χ3v) is 3.03. The number of nitrogens with zero attached hydrogens (tertiary/aromatic N) is 1. The number of imidazole rings is 1. The number of nitrogens with one attached hydrogen (secondary N) is 2. The Bertz CT molecular complexity index is 531. The number of hydrogen-bond donors (Lipinski definition) is 3. The Morgan fingerprint density at radius 2 is 2.17 bits per heavy atom. The van der Waals surface area contributed by atoms with Crippen molar-refractivity contribution < 1.29 is 5.11 Å². The zero-order chi connectivity index (χ0) is 13.2. The van der Waals surface area contributed by atoms with Crippen LogP contribution in [0.25, 0.3) is 11.0 Å². The topological polar surface area (TPSA) is 60.9 Å². The molecule has 0 saturated heterocycles. The number of aliphatic hydroxyl groups is 1. The van der Waals surface area contributed by atoms with E-state index in [0.717, 1.165) is 29.9 Å². The number of aliphatic hydroxyl groups excluding tert-OH is 1. The summed E-state index contributed by atoms with van der Waals surface area (Å²) in [7, 11) is 0. The lowest BCUT2D eigenvalue weighted by Gasteiger charge is -2.21. The number of aromatic amines is 1. The maximum absolute atomic E-state index is 9.18. The van der Waals surface area contributed by atoms with Gasteiger partial charge in [0, 0.05) is 25.1 Å². The van der Waals surface area contributed by atoms with Crippen molar-refractivity contribution in [3.63, 3.8) is 0 Å². The van der Waals surface area contributed by atoms with E-state index < -0.39 is 0 Å². The average molecular weight is 247 g/mol. The van der Waals surface area contributed by atoms with Crippen LogP contribution in [-0.4, -0.2) is 28.2 Å². The first-order chi connectivity index (χ1) is 8.50. The van der Waals surface area contributed by atoms with E-state index in [2.05, 4.69) is 27.4 Å². The third kappa shape index (κ3) is 3.09. The molecular weight excluding hydrogens is 226 g/mol. The Morgan fingerprint density at radius 1 is 1.39 bits per heavy atom. The van der Waals surface area contributed by atoms with Crippen LogP contribution in [-0.2, 0) is 6.54 Å². The fraction of sp³-hybridized carbons (Fsp3) is 0.500. The Balaban J connectivity index is 1.99. The van der Waals surface area contributed by atoms with E-state index in [9.17, 15) is 5.11 Å². The molecule has 1 aromatic heterocycles. The van der Waals surface area contributed by atoms with E-state index in [4.69, 9.17) is 0 Å². The van der Waals surface area contributed by atoms with Crippen LogP contribution in [0.3, 0.4) is 0 Å². The molecule has 0 fully saturated rings. The minimum Gasteiger partial charge on any atom is -0.396 e. The number of benzene rings is 1. The maximum Gasteiger partial charge on any atom is 0.104 e. The Labute approximate surface area is 107 Å². The third-order valence-electron chi connectivity index (χ3n) is 3.03. The number of fused-ring (bicyclic) bond motifs is 1. The number of rotatable bonds is 5. The summed E-state index contributed by atoms with van der Waals surface area (Å²) in [4.78, 5) is 7.62. The first-order valence-corrected chi connectivity index (χ1v) is 6.27. The van der Waals surface area contributed by atoms with Crippen molar-refractivity contribution in [1.29, 1.82) is 0 Å². The second kappa shape index (κ2) is 5.08. The summed E-state index contributed by atoms with van der Waals surface area (Å²) in [6.07, 6.45) is 0. The fourth-order valence-electron chi connectivity index (χ4n) is 1.90.